The molecule has 0 atom stereocenters. The maximum atomic E-state index is 9.66. The van der Waals surface area contributed by atoms with Crippen molar-refractivity contribution in [1.82, 2.24) is 0 Å². The van der Waals surface area contributed by atoms with Crippen LogP contribution in [0.25, 0.3) is 0 Å². The summed E-state index contributed by atoms with van der Waals surface area (Å²) in [5.41, 5.74) is 5.99. The second kappa shape index (κ2) is 5.41. The molecule has 1 aliphatic rings. The normalized spacial score (nSPS) is 13.2. The molecule has 2 N–H and O–H groups in total. The van der Waals surface area contributed by atoms with Crippen LogP contribution in [0.15, 0.2) is 66.7 Å². The summed E-state index contributed by atoms with van der Waals surface area (Å²) >= 11 is 0. The number of hydrogen-bond acceptors (Lipinski definition) is 2. The van der Waals surface area contributed by atoms with E-state index in [1.807, 2.05) is 24.3 Å². The van der Waals surface area contributed by atoms with Crippen molar-refractivity contribution in [3.05, 3.63) is 94.5 Å². The van der Waals surface area contributed by atoms with Gasteiger partial charge in [-0.3, -0.25) is 0 Å². The fourth-order valence-electron chi connectivity index (χ4n) is 3.60. The minimum absolute atomic E-state index is 0.268. The number of aryl methyl sites for hydroxylation is 2. The summed E-state index contributed by atoms with van der Waals surface area (Å²) in [5, 5.41) is 19.3. The molecule has 0 heterocycles. The van der Waals surface area contributed by atoms with Crippen LogP contribution < -0.4 is 0 Å². The molecule has 0 fully saturated rings. The van der Waals surface area contributed by atoms with Crippen molar-refractivity contribution in [3.63, 3.8) is 0 Å². The maximum absolute atomic E-state index is 9.66. The molecule has 0 unspecified atom stereocenters. The molecule has 3 aromatic rings. The van der Waals surface area contributed by atoms with Gasteiger partial charge in [0.2, 0.25) is 0 Å². The van der Waals surface area contributed by atoms with Crippen LogP contribution in [0.1, 0.15) is 34.7 Å². The summed E-state index contributed by atoms with van der Waals surface area (Å²) in [7, 11) is 0. The van der Waals surface area contributed by atoms with E-state index in [1.54, 1.807) is 24.3 Å². The highest BCUT2D eigenvalue weighted by atomic mass is 16.3. The highest BCUT2D eigenvalue weighted by Crippen LogP contribution is 2.41. The molecule has 0 saturated carbocycles. The molecule has 0 saturated heterocycles. The lowest BCUT2D eigenvalue weighted by Gasteiger charge is -2.34. The van der Waals surface area contributed by atoms with Crippen molar-refractivity contribution in [2.24, 2.45) is 0 Å². The quantitative estimate of drug-likeness (QED) is 0.696. The number of aromatic hydroxyl groups is 2. The lowest BCUT2D eigenvalue weighted by atomic mass is 9.69. The van der Waals surface area contributed by atoms with Crippen LogP contribution in [-0.4, -0.2) is 10.2 Å². The maximum Gasteiger partial charge on any atom is 0.115 e. The Hall–Kier alpha value is -2.74. The number of phenolic OH excluding ortho intramolecular Hbond substituents is 2. The summed E-state index contributed by atoms with van der Waals surface area (Å²) in [6, 6.07) is 21.6. The molecule has 0 bridgehead atoms. The molecule has 0 radical (unpaired) electrons. The van der Waals surface area contributed by atoms with Crippen LogP contribution in [0, 0.1) is 0 Å². The summed E-state index contributed by atoms with van der Waals surface area (Å²) < 4.78 is 0. The molecule has 1 aliphatic carbocycles. The van der Waals surface area contributed by atoms with Crippen LogP contribution in [0.5, 0.6) is 11.5 Å². The van der Waals surface area contributed by atoms with E-state index in [0.29, 0.717) is 0 Å². The Morgan fingerprint density at radius 1 is 0.625 bits per heavy atom. The van der Waals surface area contributed by atoms with Crippen LogP contribution >= 0.6 is 0 Å². The minimum atomic E-state index is -0.341. The van der Waals surface area contributed by atoms with Crippen molar-refractivity contribution in [3.8, 4) is 11.5 Å². The van der Waals surface area contributed by atoms with Gasteiger partial charge in [0.25, 0.3) is 0 Å². The summed E-state index contributed by atoms with van der Waals surface area (Å²) in [6.45, 7) is 2.20. The van der Waals surface area contributed by atoms with E-state index >= 15 is 0 Å². The van der Waals surface area contributed by atoms with E-state index in [2.05, 4.69) is 25.1 Å². The molecule has 24 heavy (non-hydrogen) atoms. The molecule has 0 amide bonds. The largest absolute Gasteiger partial charge is 0.508 e. The van der Waals surface area contributed by atoms with Gasteiger partial charge in [0.1, 0.15) is 11.5 Å². The number of hydrogen-bond donors (Lipinski definition) is 2. The molecular weight excluding hydrogens is 296 g/mol. The van der Waals surface area contributed by atoms with Gasteiger partial charge in [0, 0.05) is 5.41 Å². The van der Waals surface area contributed by atoms with Crippen molar-refractivity contribution in [2.45, 2.75) is 25.2 Å². The first-order valence-electron chi connectivity index (χ1n) is 8.29. The molecular formula is C22H20O2. The van der Waals surface area contributed by atoms with Gasteiger partial charge in [-0.2, -0.15) is 0 Å². The van der Waals surface area contributed by atoms with Crippen molar-refractivity contribution < 1.29 is 10.2 Å². The van der Waals surface area contributed by atoms with Gasteiger partial charge in [0.05, 0.1) is 0 Å². The average Bonchev–Trinajstić information content (AvgIpc) is 2.56. The van der Waals surface area contributed by atoms with Crippen molar-refractivity contribution >= 4 is 0 Å². The van der Waals surface area contributed by atoms with Gasteiger partial charge >= 0.3 is 0 Å². The third-order valence-corrected chi connectivity index (χ3v) is 5.34. The van der Waals surface area contributed by atoms with Crippen LogP contribution in [-0.2, 0) is 18.3 Å². The van der Waals surface area contributed by atoms with E-state index in [-0.39, 0.29) is 16.9 Å². The molecule has 2 nitrogen and oxygen atoms in total. The third-order valence-electron chi connectivity index (χ3n) is 5.34. The Labute approximate surface area is 142 Å². The van der Waals surface area contributed by atoms with Gasteiger partial charge in [-0.25, -0.2) is 0 Å². The zero-order valence-electron chi connectivity index (χ0n) is 13.7. The van der Waals surface area contributed by atoms with Crippen LogP contribution in [0.2, 0.25) is 0 Å². The molecule has 2 heteroatoms. The molecule has 4 rings (SSSR count). The summed E-state index contributed by atoms with van der Waals surface area (Å²) in [5.74, 6) is 0.535. The molecule has 0 aromatic heterocycles. The van der Waals surface area contributed by atoms with E-state index < -0.39 is 0 Å². The zero-order valence-corrected chi connectivity index (χ0v) is 13.7. The smallest absolute Gasteiger partial charge is 0.115 e. The first-order chi connectivity index (χ1) is 11.6. The van der Waals surface area contributed by atoms with E-state index in [1.165, 1.54) is 23.1 Å². The van der Waals surface area contributed by atoms with E-state index in [9.17, 15) is 10.2 Å². The van der Waals surface area contributed by atoms with Crippen LogP contribution in [0.4, 0.5) is 0 Å². The van der Waals surface area contributed by atoms with Crippen molar-refractivity contribution in [2.75, 3.05) is 0 Å². The molecule has 3 aromatic carbocycles. The van der Waals surface area contributed by atoms with Crippen LogP contribution in [0.3, 0.4) is 0 Å². The second-order valence-electron chi connectivity index (χ2n) is 6.70. The first-order valence-corrected chi connectivity index (χ1v) is 8.29. The molecule has 0 aliphatic heterocycles. The Kier molecular flexibility index (Phi) is 3.34. The lowest BCUT2D eigenvalue weighted by Crippen LogP contribution is -2.26. The number of rotatable bonds is 3. The Bertz CT molecular complexity index is 831. The van der Waals surface area contributed by atoms with Gasteiger partial charge in [0.15, 0.2) is 0 Å². The zero-order chi connectivity index (χ0) is 16.7. The Morgan fingerprint density at radius 3 is 1.50 bits per heavy atom. The van der Waals surface area contributed by atoms with Gasteiger partial charge < -0.3 is 10.2 Å². The van der Waals surface area contributed by atoms with Crippen molar-refractivity contribution in [1.29, 1.82) is 0 Å². The average molecular weight is 316 g/mol. The van der Waals surface area contributed by atoms with Gasteiger partial charge in [-0.15, -0.1) is 0 Å². The lowest BCUT2D eigenvalue weighted by molar-refractivity contribution is 0.474. The molecule has 120 valence electrons. The SMILES string of the molecule is CC(c1ccc(O)cc1)(c1ccc(O)cc1)c1ccc2c(c1)CC2. The number of phenols is 2. The Morgan fingerprint density at radius 2 is 1.08 bits per heavy atom. The standard InChI is InChI=1S/C22H20O2/c1-22(17-6-10-20(23)11-7-17,18-8-12-21(24)13-9-18)19-5-4-15-2-3-16(15)14-19/h4-14,23-24H,2-3H2,1H3. The minimum Gasteiger partial charge on any atom is -0.508 e. The fourth-order valence-corrected chi connectivity index (χ4v) is 3.60. The number of benzene rings is 3. The van der Waals surface area contributed by atoms with E-state index in [0.717, 1.165) is 17.5 Å². The first kappa shape index (κ1) is 14.8. The monoisotopic (exact) mass is 316 g/mol. The predicted octanol–water partition coefficient (Wildman–Crippen LogP) is 4.55. The Balaban J connectivity index is 1.92. The highest BCUT2D eigenvalue weighted by Gasteiger charge is 2.32. The number of fused-ring (bicyclic) bond motifs is 1. The summed E-state index contributed by atoms with van der Waals surface area (Å²) in [4.78, 5) is 0. The van der Waals surface area contributed by atoms with E-state index in [4.69, 9.17) is 0 Å². The fraction of sp³-hybridized carbons (Fsp3) is 0.182. The van der Waals surface area contributed by atoms with Gasteiger partial charge in [-0.05, 0) is 71.8 Å². The summed E-state index contributed by atoms with van der Waals surface area (Å²) in [6.07, 6.45) is 2.31. The highest BCUT2D eigenvalue weighted by molar-refractivity contribution is 5.53. The second-order valence-corrected chi connectivity index (χ2v) is 6.70. The van der Waals surface area contributed by atoms with Gasteiger partial charge in [-0.1, -0.05) is 42.5 Å². The molecule has 0 spiro atoms. The predicted molar refractivity (Wildman–Crippen MR) is 95.6 cm³/mol. The third kappa shape index (κ3) is 2.26. The topological polar surface area (TPSA) is 40.5 Å².